The Bertz CT molecular complexity index is 1250. The van der Waals surface area contributed by atoms with E-state index in [1.54, 1.807) is 17.3 Å². The number of fused-ring (bicyclic) bond motifs is 1. The maximum Gasteiger partial charge on any atom is 0.404 e. The number of pyridine rings is 2. The Kier molecular flexibility index (Phi) is 5.60. The van der Waals surface area contributed by atoms with Gasteiger partial charge >= 0.3 is 6.09 Å². The van der Waals surface area contributed by atoms with Crippen molar-refractivity contribution < 1.29 is 14.7 Å². The summed E-state index contributed by atoms with van der Waals surface area (Å²) in [5, 5.41) is 19.6. The predicted molar refractivity (Wildman–Crippen MR) is 125 cm³/mol. The summed E-state index contributed by atoms with van der Waals surface area (Å²) in [5.41, 5.74) is 2.79. The topological polar surface area (TPSA) is 129 Å². The lowest BCUT2D eigenvalue weighted by Crippen LogP contribution is -2.38. The van der Waals surface area contributed by atoms with Crippen molar-refractivity contribution in [1.29, 1.82) is 0 Å². The van der Waals surface area contributed by atoms with Gasteiger partial charge in [-0.05, 0) is 38.5 Å². The summed E-state index contributed by atoms with van der Waals surface area (Å²) in [6.07, 6.45) is 2.09. The summed E-state index contributed by atoms with van der Waals surface area (Å²) >= 11 is 0. The van der Waals surface area contributed by atoms with Crippen molar-refractivity contribution in [2.24, 2.45) is 0 Å². The largest absolute Gasteiger partial charge is 0.465 e. The molecular formula is C23H26N8O3. The highest BCUT2D eigenvalue weighted by Gasteiger charge is 2.34. The second kappa shape index (κ2) is 8.73. The fraction of sp³-hybridized carbons (Fsp3) is 0.391. The fourth-order valence-corrected chi connectivity index (χ4v) is 4.24. The third-order valence-electron chi connectivity index (χ3n) is 6.18. The Labute approximate surface area is 196 Å². The summed E-state index contributed by atoms with van der Waals surface area (Å²) in [5.74, 6) is 1.79. The summed E-state index contributed by atoms with van der Waals surface area (Å²) in [6.45, 7) is 6.44. The molecule has 0 unspecified atom stereocenters. The van der Waals surface area contributed by atoms with Crippen molar-refractivity contribution in [3.63, 3.8) is 0 Å². The Morgan fingerprint density at radius 1 is 1.21 bits per heavy atom. The molecule has 1 fully saturated rings. The molecule has 2 aliphatic rings. The van der Waals surface area contributed by atoms with Crippen LogP contribution in [0, 0.1) is 0 Å². The number of hydrogen-bond acceptors (Lipinski definition) is 7. The van der Waals surface area contributed by atoms with Gasteiger partial charge < -0.3 is 19.9 Å². The number of hydrogen-bond donors (Lipinski definition) is 2. The van der Waals surface area contributed by atoms with Gasteiger partial charge in [0.15, 0.2) is 5.82 Å². The Balaban J connectivity index is 1.48. The number of rotatable bonds is 7. The summed E-state index contributed by atoms with van der Waals surface area (Å²) in [7, 11) is 0. The lowest BCUT2D eigenvalue weighted by atomic mass is 10.1. The first kappa shape index (κ1) is 21.8. The monoisotopic (exact) mass is 462 g/mol. The third kappa shape index (κ3) is 3.93. The second-order valence-electron chi connectivity index (χ2n) is 8.70. The molecule has 0 aromatic carbocycles. The van der Waals surface area contributed by atoms with Gasteiger partial charge in [-0.25, -0.2) is 14.8 Å². The highest BCUT2D eigenvalue weighted by Crippen LogP contribution is 2.33. The first-order valence-corrected chi connectivity index (χ1v) is 11.4. The predicted octanol–water partition coefficient (Wildman–Crippen LogP) is 2.50. The van der Waals surface area contributed by atoms with Gasteiger partial charge in [-0.3, -0.25) is 9.69 Å². The van der Waals surface area contributed by atoms with E-state index in [0.29, 0.717) is 35.9 Å². The van der Waals surface area contributed by atoms with Gasteiger partial charge in [0.1, 0.15) is 23.7 Å². The zero-order valence-corrected chi connectivity index (χ0v) is 19.1. The molecule has 1 saturated heterocycles. The first-order valence-electron chi connectivity index (χ1n) is 11.4. The molecule has 34 heavy (non-hydrogen) atoms. The molecule has 5 heterocycles. The molecule has 0 aliphatic carbocycles. The number of carbonyl (C=O) groups excluding carboxylic acids is 1. The van der Waals surface area contributed by atoms with Crippen LogP contribution in [0.4, 0.5) is 16.4 Å². The zero-order valence-electron chi connectivity index (χ0n) is 19.1. The summed E-state index contributed by atoms with van der Waals surface area (Å²) in [4.78, 5) is 37.7. The Morgan fingerprint density at radius 3 is 2.74 bits per heavy atom. The minimum Gasteiger partial charge on any atom is -0.465 e. The highest BCUT2D eigenvalue weighted by atomic mass is 16.4. The molecule has 2 N–H and O–H groups in total. The standard InChI is InChI=1S/C23H26N8O3/c1-14(2)31-13-25-28-21(31)18-5-3-6-19(27-18)30-12-16-15(22(30)32)11-20(29-9-4-10-29)26-17(16)7-8-24-23(33)34/h3,5-6,11,13-14,24H,4,7-10,12H2,1-2H3,(H,33,34). The van der Waals surface area contributed by atoms with E-state index in [2.05, 4.69) is 20.4 Å². The quantitative estimate of drug-likeness (QED) is 0.548. The van der Waals surface area contributed by atoms with E-state index >= 15 is 0 Å². The van der Waals surface area contributed by atoms with Crippen molar-refractivity contribution in [2.75, 3.05) is 29.4 Å². The smallest absolute Gasteiger partial charge is 0.404 e. The molecule has 0 atom stereocenters. The highest BCUT2D eigenvalue weighted by molar-refractivity contribution is 6.10. The minimum absolute atomic E-state index is 0.137. The van der Waals surface area contributed by atoms with Crippen LogP contribution in [0.5, 0.6) is 0 Å². The van der Waals surface area contributed by atoms with E-state index in [1.807, 2.05) is 36.6 Å². The molecule has 2 aliphatic heterocycles. The van der Waals surface area contributed by atoms with Gasteiger partial charge in [-0.1, -0.05) is 6.07 Å². The number of carbonyl (C=O) groups is 2. The molecule has 0 saturated carbocycles. The first-order chi connectivity index (χ1) is 16.4. The van der Waals surface area contributed by atoms with Crippen molar-refractivity contribution >= 4 is 23.6 Å². The Morgan fingerprint density at radius 2 is 2.03 bits per heavy atom. The van der Waals surface area contributed by atoms with E-state index in [9.17, 15) is 9.59 Å². The van der Waals surface area contributed by atoms with Gasteiger partial charge in [0.05, 0.1) is 17.8 Å². The molecule has 3 aromatic rings. The van der Waals surface area contributed by atoms with Crippen molar-refractivity contribution in [1.82, 2.24) is 30.0 Å². The van der Waals surface area contributed by atoms with Crippen molar-refractivity contribution in [2.45, 2.75) is 39.3 Å². The van der Waals surface area contributed by atoms with E-state index in [0.717, 1.165) is 36.6 Å². The molecule has 11 nitrogen and oxygen atoms in total. The van der Waals surface area contributed by atoms with Gasteiger partial charge in [0.2, 0.25) is 0 Å². The van der Waals surface area contributed by atoms with Crippen LogP contribution in [0.3, 0.4) is 0 Å². The average Bonchev–Trinajstić information content (AvgIpc) is 3.38. The van der Waals surface area contributed by atoms with E-state index in [-0.39, 0.29) is 18.5 Å². The maximum absolute atomic E-state index is 13.5. The summed E-state index contributed by atoms with van der Waals surface area (Å²) < 4.78 is 1.93. The molecule has 5 rings (SSSR count). The average molecular weight is 463 g/mol. The Hall–Kier alpha value is -4.02. The van der Waals surface area contributed by atoms with Crippen LogP contribution in [0.15, 0.2) is 30.6 Å². The number of amides is 2. The van der Waals surface area contributed by atoms with E-state index in [1.165, 1.54) is 0 Å². The summed E-state index contributed by atoms with van der Waals surface area (Å²) in [6, 6.07) is 7.53. The molecule has 176 valence electrons. The molecule has 0 radical (unpaired) electrons. The number of nitrogens with one attached hydrogen (secondary N) is 1. The van der Waals surface area contributed by atoms with Crippen LogP contribution in [0.2, 0.25) is 0 Å². The van der Waals surface area contributed by atoms with Crippen LogP contribution in [0.1, 0.15) is 47.9 Å². The molecule has 0 bridgehead atoms. The number of carboxylic acid groups (broad SMARTS) is 1. The van der Waals surface area contributed by atoms with Gasteiger partial charge in [-0.2, -0.15) is 0 Å². The molecule has 11 heteroatoms. The number of aromatic nitrogens is 5. The van der Waals surface area contributed by atoms with Crippen LogP contribution >= 0.6 is 0 Å². The van der Waals surface area contributed by atoms with Gasteiger partial charge in [0, 0.05) is 37.7 Å². The van der Waals surface area contributed by atoms with Gasteiger partial charge in [-0.15, -0.1) is 10.2 Å². The van der Waals surface area contributed by atoms with Crippen LogP contribution in [-0.4, -0.2) is 61.5 Å². The third-order valence-corrected chi connectivity index (χ3v) is 6.18. The molecule has 0 spiro atoms. The molecule has 3 aromatic heterocycles. The maximum atomic E-state index is 13.5. The minimum atomic E-state index is -1.08. The van der Waals surface area contributed by atoms with E-state index < -0.39 is 6.09 Å². The van der Waals surface area contributed by atoms with Crippen molar-refractivity contribution in [3.8, 4) is 11.5 Å². The van der Waals surface area contributed by atoms with Crippen LogP contribution in [-0.2, 0) is 13.0 Å². The number of anilines is 2. The molecular weight excluding hydrogens is 436 g/mol. The number of nitrogens with zero attached hydrogens (tertiary/aromatic N) is 7. The lowest BCUT2D eigenvalue weighted by molar-refractivity contribution is 0.0995. The lowest BCUT2D eigenvalue weighted by Gasteiger charge is -2.32. The SMILES string of the molecule is CC(C)n1cnnc1-c1cccc(N2Cc3c(cc(N4CCC4)nc3CCNC(=O)O)C2=O)n1. The second-order valence-corrected chi connectivity index (χ2v) is 8.70. The van der Waals surface area contributed by atoms with Crippen molar-refractivity contribution in [3.05, 3.63) is 47.4 Å². The normalized spacial score (nSPS) is 15.0. The van der Waals surface area contributed by atoms with Crippen LogP contribution in [0.25, 0.3) is 11.5 Å². The zero-order chi connectivity index (χ0) is 23.8. The fourth-order valence-electron chi connectivity index (χ4n) is 4.24. The van der Waals surface area contributed by atoms with Crippen LogP contribution < -0.4 is 15.1 Å². The van der Waals surface area contributed by atoms with E-state index in [4.69, 9.17) is 15.1 Å². The molecule has 2 amide bonds. The van der Waals surface area contributed by atoms with Gasteiger partial charge in [0.25, 0.3) is 5.91 Å².